The molecule has 1 fully saturated rings. The standard InChI is InChI=1S/C11H17N3O2S.2ClH/c1-6-10(17-7(2)13-6)11(15)14-8-4-12-5-9(8)16-3;;/h8-9,12H,4-5H2,1-3H3,(H,14,15);2*1H. The predicted octanol–water partition coefficient (Wildman–Crippen LogP) is 1.32. The Morgan fingerprint density at radius 1 is 1.42 bits per heavy atom. The third-order valence-electron chi connectivity index (χ3n) is 2.89. The van der Waals surface area contributed by atoms with E-state index in [4.69, 9.17) is 4.74 Å². The van der Waals surface area contributed by atoms with E-state index in [1.165, 1.54) is 11.3 Å². The van der Waals surface area contributed by atoms with Gasteiger partial charge in [0, 0.05) is 20.2 Å². The van der Waals surface area contributed by atoms with Gasteiger partial charge in [0.15, 0.2) is 0 Å². The maximum absolute atomic E-state index is 12.1. The van der Waals surface area contributed by atoms with E-state index in [1.54, 1.807) is 7.11 Å². The number of hydrogen-bond acceptors (Lipinski definition) is 5. The van der Waals surface area contributed by atoms with Gasteiger partial charge in [-0.05, 0) is 13.8 Å². The van der Waals surface area contributed by atoms with Crippen molar-refractivity contribution < 1.29 is 9.53 Å². The molecule has 2 rings (SSSR count). The zero-order valence-corrected chi connectivity index (χ0v) is 13.5. The Bertz CT molecular complexity index is 428. The van der Waals surface area contributed by atoms with Crippen molar-refractivity contribution in [2.45, 2.75) is 26.0 Å². The van der Waals surface area contributed by atoms with E-state index in [0.717, 1.165) is 23.8 Å². The first-order chi connectivity index (χ1) is 8.11. The average molecular weight is 328 g/mol. The number of methoxy groups -OCH3 is 1. The molecular weight excluding hydrogens is 309 g/mol. The highest BCUT2D eigenvalue weighted by molar-refractivity contribution is 7.13. The van der Waals surface area contributed by atoms with Gasteiger partial charge in [-0.2, -0.15) is 0 Å². The van der Waals surface area contributed by atoms with Gasteiger partial charge in [-0.3, -0.25) is 4.79 Å². The number of nitrogens with one attached hydrogen (secondary N) is 2. The van der Waals surface area contributed by atoms with E-state index < -0.39 is 0 Å². The summed E-state index contributed by atoms with van der Waals surface area (Å²) in [5.41, 5.74) is 0.796. The summed E-state index contributed by atoms with van der Waals surface area (Å²) in [5, 5.41) is 7.11. The molecule has 0 radical (unpaired) electrons. The molecule has 1 aromatic rings. The van der Waals surface area contributed by atoms with Gasteiger partial charge in [0.2, 0.25) is 0 Å². The number of carbonyl (C=O) groups is 1. The fraction of sp³-hybridized carbons (Fsp3) is 0.636. The number of nitrogens with zero attached hydrogens (tertiary/aromatic N) is 1. The molecule has 2 unspecified atom stereocenters. The summed E-state index contributed by atoms with van der Waals surface area (Å²) in [5.74, 6) is -0.0520. The number of rotatable bonds is 3. The largest absolute Gasteiger partial charge is 0.378 e. The fourth-order valence-electron chi connectivity index (χ4n) is 2.02. The molecule has 19 heavy (non-hydrogen) atoms. The van der Waals surface area contributed by atoms with Crippen molar-refractivity contribution in [2.75, 3.05) is 20.2 Å². The fourth-order valence-corrected chi connectivity index (χ4v) is 2.85. The van der Waals surface area contributed by atoms with Gasteiger partial charge in [0.25, 0.3) is 5.91 Å². The van der Waals surface area contributed by atoms with Gasteiger partial charge in [-0.25, -0.2) is 4.98 Å². The molecule has 1 aromatic heterocycles. The Labute approximate surface area is 129 Å². The van der Waals surface area contributed by atoms with E-state index in [0.29, 0.717) is 4.88 Å². The molecule has 1 aliphatic rings. The first kappa shape index (κ1) is 18.6. The number of halogens is 2. The number of ether oxygens (including phenoxy) is 1. The molecule has 5 nitrogen and oxygen atoms in total. The highest BCUT2D eigenvalue weighted by Gasteiger charge is 2.29. The van der Waals surface area contributed by atoms with Crippen molar-refractivity contribution >= 4 is 42.1 Å². The molecule has 0 aliphatic carbocycles. The lowest BCUT2D eigenvalue weighted by atomic mass is 10.2. The summed E-state index contributed by atoms with van der Waals surface area (Å²) in [6.45, 7) is 5.30. The van der Waals surface area contributed by atoms with Crippen LogP contribution in [-0.2, 0) is 4.74 Å². The topological polar surface area (TPSA) is 63.2 Å². The van der Waals surface area contributed by atoms with Crippen LogP contribution in [0.15, 0.2) is 0 Å². The Morgan fingerprint density at radius 2 is 2.11 bits per heavy atom. The maximum atomic E-state index is 12.1. The van der Waals surface area contributed by atoms with Gasteiger partial charge < -0.3 is 15.4 Å². The molecule has 1 amide bonds. The highest BCUT2D eigenvalue weighted by Crippen LogP contribution is 2.17. The van der Waals surface area contributed by atoms with Crippen LogP contribution in [0.25, 0.3) is 0 Å². The second kappa shape index (κ2) is 8.01. The van der Waals surface area contributed by atoms with Crippen LogP contribution in [0.5, 0.6) is 0 Å². The second-order valence-corrected chi connectivity index (χ2v) is 5.36. The Hall–Kier alpha value is -0.400. The van der Waals surface area contributed by atoms with Crippen molar-refractivity contribution in [3.8, 4) is 0 Å². The number of hydrogen-bond donors (Lipinski definition) is 2. The zero-order valence-electron chi connectivity index (χ0n) is 11.1. The Balaban J connectivity index is 0.00000162. The monoisotopic (exact) mass is 327 g/mol. The molecule has 1 aliphatic heterocycles. The number of amides is 1. The smallest absolute Gasteiger partial charge is 0.263 e. The van der Waals surface area contributed by atoms with Gasteiger partial charge in [0.05, 0.1) is 22.8 Å². The van der Waals surface area contributed by atoms with Gasteiger partial charge in [-0.1, -0.05) is 0 Å². The zero-order chi connectivity index (χ0) is 12.4. The van der Waals surface area contributed by atoms with E-state index >= 15 is 0 Å². The molecule has 2 N–H and O–H groups in total. The van der Waals surface area contributed by atoms with Crippen molar-refractivity contribution in [3.63, 3.8) is 0 Å². The molecule has 0 aromatic carbocycles. The molecule has 0 spiro atoms. The lowest BCUT2D eigenvalue weighted by molar-refractivity contribution is 0.0782. The Kier molecular flexibility index (Phi) is 7.85. The minimum absolute atomic E-state index is 0. The maximum Gasteiger partial charge on any atom is 0.263 e. The van der Waals surface area contributed by atoms with Crippen molar-refractivity contribution in [3.05, 3.63) is 15.6 Å². The van der Waals surface area contributed by atoms with Crippen LogP contribution < -0.4 is 10.6 Å². The molecule has 110 valence electrons. The van der Waals surface area contributed by atoms with Crippen LogP contribution >= 0.6 is 36.2 Å². The van der Waals surface area contributed by atoms with Crippen LogP contribution in [0.2, 0.25) is 0 Å². The average Bonchev–Trinajstić information content (AvgIpc) is 2.84. The van der Waals surface area contributed by atoms with Crippen LogP contribution in [0.3, 0.4) is 0 Å². The first-order valence-electron chi connectivity index (χ1n) is 5.60. The minimum Gasteiger partial charge on any atom is -0.378 e. The summed E-state index contributed by atoms with van der Waals surface area (Å²) in [6, 6.07) is 0.0364. The molecule has 2 heterocycles. The quantitative estimate of drug-likeness (QED) is 0.878. The highest BCUT2D eigenvalue weighted by atomic mass is 35.5. The van der Waals surface area contributed by atoms with Gasteiger partial charge >= 0.3 is 0 Å². The van der Waals surface area contributed by atoms with Crippen molar-refractivity contribution in [1.29, 1.82) is 0 Å². The van der Waals surface area contributed by atoms with Crippen molar-refractivity contribution in [2.24, 2.45) is 0 Å². The van der Waals surface area contributed by atoms with Crippen molar-refractivity contribution in [1.82, 2.24) is 15.6 Å². The first-order valence-corrected chi connectivity index (χ1v) is 6.42. The SMILES string of the molecule is COC1CNCC1NC(=O)c1sc(C)nc1C.Cl.Cl. The number of carbonyl (C=O) groups excluding carboxylic acids is 1. The lowest BCUT2D eigenvalue weighted by Gasteiger charge is -2.18. The minimum atomic E-state index is -0.0520. The number of aryl methyl sites for hydroxylation is 2. The third kappa shape index (κ3) is 4.29. The molecular formula is C11H19Cl2N3O2S. The van der Waals surface area contributed by atoms with E-state index in [1.807, 2.05) is 13.8 Å². The van der Waals surface area contributed by atoms with E-state index in [-0.39, 0.29) is 42.9 Å². The lowest BCUT2D eigenvalue weighted by Crippen LogP contribution is -2.43. The normalized spacial score (nSPS) is 21.4. The molecule has 2 atom stereocenters. The van der Waals surface area contributed by atoms with Gasteiger partial charge in [-0.15, -0.1) is 36.2 Å². The Morgan fingerprint density at radius 3 is 2.63 bits per heavy atom. The molecule has 8 heteroatoms. The van der Waals surface area contributed by atoms with Crippen LogP contribution in [0.1, 0.15) is 20.4 Å². The molecule has 0 saturated carbocycles. The summed E-state index contributed by atoms with van der Waals surface area (Å²) < 4.78 is 5.31. The van der Waals surface area contributed by atoms with Crippen LogP contribution in [0, 0.1) is 13.8 Å². The summed E-state index contributed by atoms with van der Waals surface area (Å²) >= 11 is 1.43. The summed E-state index contributed by atoms with van der Waals surface area (Å²) in [7, 11) is 1.67. The summed E-state index contributed by atoms with van der Waals surface area (Å²) in [4.78, 5) is 17.0. The summed E-state index contributed by atoms with van der Waals surface area (Å²) in [6.07, 6.45) is 0.0493. The van der Waals surface area contributed by atoms with Crippen LogP contribution in [-0.4, -0.2) is 43.2 Å². The number of thiazole rings is 1. The second-order valence-electron chi connectivity index (χ2n) is 4.16. The van der Waals surface area contributed by atoms with Gasteiger partial charge in [0.1, 0.15) is 4.88 Å². The molecule has 0 bridgehead atoms. The van der Waals surface area contributed by atoms with E-state index in [9.17, 15) is 4.79 Å². The predicted molar refractivity (Wildman–Crippen MR) is 81.0 cm³/mol. The number of aromatic nitrogens is 1. The molecule has 1 saturated heterocycles. The third-order valence-corrected chi connectivity index (χ3v) is 3.96. The van der Waals surface area contributed by atoms with Crippen LogP contribution in [0.4, 0.5) is 0 Å². The van der Waals surface area contributed by atoms with E-state index in [2.05, 4.69) is 15.6 Å².